The van der Waals surface area contributed by atoms with Crippen LogP contribution in [0.1, 0.15) is 94.5 Å². The lowest BCUT2D eigenvalue weighted by atomic mass is 9.58. The van der Waals surface area contributed by atoms with Crippen LogP contribution in [0.3, 0.4) is 0 Å². The molecule has 0 radical (unpaired) electrons. The maximum atomic E-state index is 13.8. The molecule has 0 saturated heterocycles. The average molecular weight is 584 g/mol. The molecule has 1 aromatic carbocycles. The summed E-state index contributed by atoms with van der Waals surface area (Å²) in [5.74, 6) is 1.29. The van der Waals surface area contributed by atoms with Gasteiger partial charge in [-0.05, 0) is 95.5 Å². The standard InChI is InChI=1S/C33H41N7O3/c1-7-38-21-35-37-29(38)33(17-22(2)18-33)24-9-8-10-25(16-24)36-28(41)26-15-23(19-39-14-13-34-27(26)39)20-40(32(6)11-12-32)30(42)43-31(3,4)5/h8-10,13-16,19,21-22H,7,11-12,17-18,20H2,1-6H3,(H,36,41). The number of nitrogens with one attached hydrogen (secondary N) is 1. The molecule has 2 saturated carbocycles. The number of ether oxygens (including phenoxy) is 1. The number of hydrogen-bond acceptors (Lipinski definition) is 6. The molecule has 10 heteroatoms. The van der Waals surface area contributed by atoms with Crippen LogP contribution in [0.5, 0.6) is 0 Å². The van der Waals surface area contributed by atoms with Crippen molar-refractivity contribution in [1.29, 1.82) is 0 Å². The quantitative estimate of drug-likeness (QED) is 0.265. The first-order valence-electron chi connectivity index (χ1n) is 15.2. The number of pyridine rings is 1. The third kappa shape index (κ3) is 5.50. The highest BCUT2D eigenvalue weighted by Crippen LogP contribution is 2.52. The largest absolute Gasteiger partial charge is 0.444 e. The van der Waals surface area contributed by atoms with E-state index in [0.717, 1.165) is 49.2 Å². The molecule has 10 nitrogen and oxygen atoms in total. The smallest absolute Gasteiger partial charge is 0.411 e. The summed E-state index contributed by atoms with van der Waals surface area (Å²) >= 11 is 0. The first-order valence-corrected chi connectivity index (χ1v) is 15.2. The van der Waals surface area contributed by atoms with Crippen LogP contribution >= 0.6 is 0 Å². The lowest BCUT2D eigenvalue weighted by Gasteiger charge is -2.46. The summed E-state index contributed by atoms with van der Waals surface area (Å²) in [6, 6.07) is 9.91. The molecule has 0 atom stereocenters. The summed E-state index contributed by atoms with van der Waals surface area (Å²) in [5.41, 5.74) is 2.56. The number of carbonyl (C=O) groups is 2. The van der Waals surface area contributed by atoms with Gasteiger partial charge in [-0.2, -0.15) is 0 Å². The van der Waals surface area contributed by atoms with Crippen molar-refractivity contribution < 1.29 is 14.3 Å². The zero-order valence-corrected chi connectivity index (χ0v) is 25.9. The highest BCUT2D eigenvalue weighted by Gasteiger charge is 2.49. The normalized spacial score (nSPS) is 20.8. The van der Waals surface area contributed by atoms with Crippen LogP contribution in [0.15, 0.2) is 55.2 Å². The van der Waals surface area contributed by atoms with Crippen molar-refractivity contribution in [2.24, 2.45) is 5.92 Å². The van der Waals surface area contributed by atoms with Crippen LogP contribution in [-0.4, -0.2) is 52.2 Å². The molecule has 0 bridgehead atoms. The second-order valence-corrected chi connectivity index (χ2v) is 13.6. The number of imidazole rings is 1. The fourth-order valence-electron chi connectivity index (χ4n) is 6.40. The molecule has 3 aromatic heterocycles. The van der Waals surface area contributed by atoms with Gasteiger partial charge in [-0.15, -0.1) is 10.2 Å². The number of hydrogen-bond donors (Lipinski definition) is 1. The summed E-state index contributed by atoms with van der Waals surface area (Å²) in [5, 5.41) is 11.8. The van der Waals surface area contributed by atoms with E-state index >= 15 is 0 Å². The Morgan fingerprint density at radius 1 is 1.19 bits per heavy atom. The van der Waals surface area contributed by atoms with E-state index in [4.69, 9.17) is 4.74 Å². The van der Waals surface area contributed by atoms with Crippen molar-refractivity contribution in [3.8, 4) is 0 Å². The van der Waals surface area contributed by atoms with E-state index in [1.54, 1.807) is 17.4 Å². The van der Waals surface area contributed by atoms with E-state index in [1.807, 2.05) is 55.8 Å². The van der Waals surface area contributed by atoms with Gasteiger partial charge in [-0.3, -0.25) is 9.69 Å². The zero-order chi connectivity index (χ0) is 30.6. The third-order valence-electron chi connectivity index (χ3n) is 8.82. The topological polar surface area (TPSA) is 107 Å². The molecule has 2 fully saturated rings. The van der Waals surface area contributed by atoms with Crippen molar-refractivity contribution >= 4 is 23.3 Å². The number of amides is 2. The van der Waals surface area contributed by atoms with Gasteiger partial charge >= 0.3 is 6.09 Å². The summed E-state index contributed by atoms with van der Waals surface area (Å²) in [7, 11) is 0. The third-order valence-corrected chi connectivity index (χ3v) is 8.82. The summed E-state index contributed by atoms with van der Waals surface area (Å²) in [6.07, 6.45) is 10.7. The number of anilines is 1. The molecule has 2 aliphatic carbocycles. The predicted molar refractivity (Wildman–Crippen MR) is 164 cm³/mol. The Morgan fingerprint density at radius 2 is 1.95 bits per heavy atom. The van der Waals surface area contributed by atoms with Crippen LogP contribution in [0.4, 0.5) is 10.5 Å². The van der Waals surface area contributed by atoms with Crippen molar-refractivity contribution in [2.45, 2.75) is 96.9 Å². The molecule has 2 aliphatic rings. The molecule has 3 heterocycles. The Labute approximate surface area is 252 Å². The SMILES string of the molecule is CCn1cnnc1C1(c2cccc(NC(=O)c3cc(CN(C(=O)OC(C)(C)C)C4(C)CC4)cn4ccnc34)c2)CC(C)C1. The molecular weight excluding hydrogens is 542 g/mol. The van der Waals surface area contributed by atoms with Crippen molar-refractivity contribution in [3.05, 3.63) is 77.8 Å². The van der Waals surface area contributed by atoms with Crippen LogP contribution in [0.25, 0.3) is 5.65 Å². The van der Waals surface area contributed by atoms with Gasteiger partial charge in [-0.25, -0.2) is 9.78 Å². The monoisotopic (exact) mass is 583 g/mol. The lowest BCUT2D eigenvalue weighted by Crippen LogP contribution is -2.43. The average Bonchev–Trinajstić information content (AvgIpc) is 3.30. The van der Waals surface area contributed by atoms with Crippen LogP contribution < -0.4 is 5.32 Å². The number of nitrogens with zero attached hydrogens (tertiary/aromatic N) is 6. The van der Waals surface area contributed by atoms with E-state index in [2.05, 4.69) is 58.0 Å². The number of carbonyl (C=O) groups excluding carboxylic acids is 2. The van der Waals surface area contributed by atoms with E-state index < -0.39 is 5.60 Å². The summed E-state index contributed by atoms with van der Waals surface area (Å²) in [6.45, 7) is 13.2. The van der Waals surface area contributed by atoms with Crippen LogP contribution in [0, 0.1) is 5.92 Å². The molecule has 1 N–H and O–H groups in total. The Kier molecular flexibility index (Phi) is 7.06. The lowest BCUT2D eigenvalue weighted by molar-refractivity contribution is 0.0126. The minimum Gasteiger partial charge on any atom is -0.444 e. The minimum absolute atomic E-state index is 0.229. The first kappa shape index (κ1) is 28.9. The van der Waals surface area contributed by atoms with Gasteiger partial charge in [0.15, 0.2) is 0 Å². The van der Waals surface area contributed by atoms with Gasteiger partial charge in [0, 0.05) is 36.4 Å². The number of aryl methyl sites for hydroxylation is 1. The predicted octanol–water partition coefficient (Wildman–Crippen LogP) is 6.20. The van der Waals surface area contributed by atoms with Crippen molar-refractivity contribution in [1.82, 2.24) is 29.0 Å². The molecule has 4 aromatic rings. The second-order valence-electron chi connectivity index (χ2n) is 13.6. The van der Waals surface area contributed by atoms with Crippen molar-refractivity contribution in [3.63, 3.8) is 0 Å². The Balaban J connectivity index is 1.29. The number of fused-ring (bicyclic) bond motifs is 1. The second kappa shape index (κ2) is 10.5. The van der Waals surface area contributed by atoms with Crippen LogP contribution in [-0.2, 0) is 23.2 Å². The van der Waals surface area contributed by atoms with E-state index in [1.165, 1.54) is 0 Å². The van der Waals surface area contributed by atoms with Gasteiger partial charge in [0.2, 0.25) is 0 Å². The molecule has 2 amide bonds. The zero-order valence-electron chi connectivity index (χ0n) is 25.9. The summed E-state index contributed by atoms with van der Waals surface area (Å²) < 4.78 is 9.70. The Morgan fingerprint density at radius 3 is 2.63 bits per heavy atom. The van der Waals surface area contributed by atoms with Gasteiger partial charge in [0.25, 0.3) is 5.91 Å². The molecule has 0 aliphatic heterocycles. The van der Waals surface area contributed by atoms with Gasteiger partial charge < -0.3 is 19.0 Å². The maximum absolute atomic E-state index is 13.8. The molecular formula is C33H41N7O3. The van der Waals surface area contributed by atoms with Gasteiger partial charge in [-0.1, -0.05) is 19.1 Å². The maximum Gasteiger partial charge on any atom is 0.411 e. The Bertz CT molecular complexity index is 1670. The van der Waals surface area contributed by atoms with Gasteiger partial charge in [0.1, 0.15) is 23.4 Å². The Hall–Kier alpha value is -4.21. The van der Waals surface area contributed by atoms with E-state index in [9.17, 15) is 9.59 Å². The molecule has 0 spiro atoms. The summed E-state index contributed by atoms with van der Waals surface area (Å²) in [4.78, 5) is 33.3. The number of aromatic nitrogens is 5. The molecule has 43 heavy (non-hydrogen) atoms. The molecule has 0 unspecified atom stereocenters. The highest BCUT2D eigenvalue weighted by atomic mass is 16.6. The van der Waals surface area contributed by atoms with E-state index in [-0.39, 0.29) is 23.0 Å². The minimum atomic E-state index is -0.600. The van der Waals surface area contributed by atoms with Gasteiger partial charge in [0.05, 0.1) is 17.5 Å². The van der Waals surface area contributed by atoms with Crippen LogP contribution in [0.2, 0.25) is 0 Å². The fourth-order valence-corrected chi connectivity index (χ4v) is 6.40. The highest BCUT2D eigenvalue weighted by molar-refractivity contribution is 6.08. The number of rotatable bonds is 8. The number of benzene rings is 1. The van der Waals surface area contributed by atoms with Crippen molar-refractivity contribution in [2.75, 3.05) is 5.32 Å². The molecule has 226 valence electrons. The van der Waals surface area contributed by atoms with E-state index in [0.29, 0.717) is 29.4 Å². The molecule has 6 rings (SSSR count). The first-order chi connectivity index (χ1) is 20.4. The fraction of sp³-hybridized carbons (Fsp3) is 0.485.